The molecular weight excluding hydrogens is 351 g/mol. The van der Waals surface area contributed by atoms with Gasteiger partial charge in [-0.2, -0.15) is 0 Å². The Balaban J connectivity index is 2.04. The quantitative estimate of drug-likeness (QED) is 0.597. The van der Waals surface area contributed by atoms with Crippen molar-refractivity contribution in [2.45, 2.75) is 26.3 Å². The molecule has 24 heavy (non-hydrogen) atoms. The van der Waals surface area contributed by atoms with Crippen molar-refractivity contribution in [2.24, 2.45) is 0 Å². The van der Waals surface area contributed by atoms with Gasteiger partial charge >= 0.3 is 7.60 Å². The Morgan fingerprint density at radius 2 is 2.21 bits per heavy atom. The van der Waals surface area contributed by atoms with E-state index >= 15 is 0 Å². The minimum absolute atomic E-state index is 0.00680. The topological polar surface area (TPSA) is 109 Å². The molecule has 1 heterocycles. The highest BCUT2D eigenvalue weighted by Crippen LogP contribution is 2.46. The van der Waals surface area contributed by atoms with Crippen LogP contribution in [0.5, 0.6) is 5.75 Å². The van der Waals surface area contributed by atoms with E-state index in [-0.39, 0.29) is 11.9 Å². The summed E-state index contributed by atoms with van der Waals surface area (Å²) in [6, 6.07) is 3.20. The number of hydrogen-bond acceptors (Lipinski definition) is 5. The number of nitrogens with zero attached hydrogens (tertiary/aromatic N) is 1. The van der Waals surface area contributed by atoms with E-state index in [1.165, 1.54) is 11.3 Å². The number of ether oxygens (including phenoxy) is 1. The van der Waals surface area contributed by atoms with Crippen LogP contribution in [0.2, 0.25) is 0 Å². The second-order valence-corrected chi connectivity index (χ2v) is 8.36. The number of benzene rings is 1. The lowest BCUT2D eigenvalue weighted by atomic mass is 10.0. The molecule has 1 amide bonds. The highest BCUT2D eigenvalue weighted by Gasteiger charge is 2.30. The van der Waals surface area contributed by atoms with E-state index in [0.717, 1.165) is 16.1 Å². The van der Waals surface area contributed by atoms with E-state index in [9.17, 15) is 9.36 Å². The number of hydrogen-bond donors (Lipinski definition) is 3. The van der Waals surface area contributed by atoms with Crippen LogP contribution in [0.25, 0.3) is 11.3 Å². The largest absolute Gasteiger partial charge is 0.480 e. The SMILES string of the molecule is CC(C)NC(=O)c1ccc(OCP(=O)(O)O)c2c1Cc1scnc1-2. The van der Waals surface area contributed by atoms with Crippen molar-refractivity contribution in [3.8, 4) is 17.0 Å². The van der Waals surface area contributed by atoms with Crippen LogP contribution in [0.15, 0.2) is 17.6 Å². The van der Waals surface area contributed by atoms with Crippen molar-refractivity contribution in [2.75, 3.05) is 6.35 Å². The molecule has 1 aliphatic carbocycles. The summed E-state index contributed by atoms with van der Waals surface area (Å²) in [5.74, 6) is 0.150. The van der Waals surface area contributed by atoms with Gasteiger partial charge in [0, 0.05) is 28.5 Å². The molecule has 0 saturated heterocycles. The number of amides is 1. The van der Waals surface area contributed by atoms with Crippen LogP contribution in [0.1, 0.15) is 34.6 Å². The first kappa shape index (κ1) is 17.1. The summed E-state index contributed by atoms with van der Waals surface area (Å²) in [5.41, 5.74) is 4.39. The smallest absolute Gasteiger partial charge is 0.362 e. The summed E-state index contributed by atoms with van der Waals surface area (Å²) in [5, 5.41) is 2.86. The molecule has 0 bridgehead atoms. The summed E-state index contributed by atoms with van der Waals surface area (Å²) in [6.45, 7) is 3.77. The monoisotopic (exact) mass is 368 g/mol. The minimum Gasteiger partial charge on any atom is -0.480 e. The van der Waals surface area contributed by atoms with Crippen LogP contribution in [-0.4, -0.2) is 33.1 Å². The van der Waals surface area contributed by atoms with E-state index in [0.29, 0.717) is 23.3 Å². The van der Waals surface area contributed by atoms with Crippen LogP contribution in [0.4, 0.5) is 0 Å². The summed E-state index contributed by atoms with van der Waals surface area (Å²) in [4.78, 5) is 35.8. The van der Waals surface area contributed by atoms with Gasteiger partial charge in [0.25, 0.3) is 5.91 Å². The molecule has 3 N–H and O–H groups in total. The van der Waals surface area contributed by atoms with Gasteiger partial charge in [0.05, 0.1) is 11.2 Å². The zero-order valence-electron chi connectivity index (χ0n) is 13.1. The Hall–Kier alpha value is -1.73. The molecule has 2 aromatic rings. The Bertz CT molecular complexity index is 842. The molecule has 0 radical (unpaired) electrons. The molecular formula is C15H17N2O5PS. The van der Waals surface area contributed by atoms with E-state index in [1.807, 2.05) is 13.8 Å². The standard InChI is InChI=1S/C15H17N2O5PS/c1-8(2)17-15(18)9-3-4-11(22-7-23(19,20)21)13-10(9)5-12-14(13)16-6-24-12/h3-4,6,8H,5,7H2,1-2H3,(H,17,18)(H2,19,20,21). The zero-order valence-corrected chi connectivity index (χ0v) is 14.9. The fourth-order valence-electron chi connectivity index (χ4n) is 2.66. The van der Waals surface area contributed by atoms with Crippen LogP contribution < -0.4 is 10.1 Å². The molecule has 128 valence electrons. The zero-order chi connectivity index (χ0) is 17.5. The van der Waals surface area contributed by atoms with Crippen molar-refractivity contribution in [3.05, 3.63) is 33.6 Å². The fourth-order valence-corrected chi connectivity index (χ4v) is 3.74. The van der Waals surface area contributed by atoms with Gasteiger partial charge in [-0.3, -0.25) is 9.36 Å². The average Bonchev–Trinajstić information content (AvgIpc) is 3.03. The molecule has 3 rings (SSSR count). The molecule has 1 aromatic heterocycles. The minimum atomic E-state index is -4.30. The molecule has 0 fully saturated rings. The van der Waals surface area contributed by atoms with Gasteiger partial charge in [0.15, 0.2) is 6.35 Å². The summed E-state index contributed by atoms with van der Waals surface area (Å²) in [7, 11) is -4.30. The van der Waals surface area contributed by atoms with Gasteiger partial charge in [0.2, 0.25) is 0 Å². The first-order valence-electron chi connectivity index (χ1n) is 7.33. The van der Waals surface area contributed by atoms with Crippen LogP contribution in [-0.2, 0) is 11.0 Å². The highest BCUT2D eigenvalue weighted by molar-refractivity contribution is 7.51. The van der Waals surface area contributed by atoms with Crippen LogP contribution in [0.3, 0.4) is 0 Å². The predicted octanol–water partition coefficient (Wildman–Crippen LogP) is 2.37. The summed E-state index contributed by atoms with van der Waals surface area (Å²) < 4.78 is 16.4. The lowest BCUT2D eigenvalue weighted by Gasteiger charge is -2.15. The Labute approximate surface area is 142 Å². The Morgan fingerprint density at radius 1 is 1.46 bits per heavy atom. The molecule has 0 atom stereocenters. The van der Waals surface area contributed by atoms with Crippen LogP contribution >= 0.6 is 18.9 Å². The Kier molecular flexibility index (Phi) is 4.48. The number of carbonyl (C=O) groups is 1. The molecule has 0 saturated carbocycles. The predicted molar refractivity (Wildman–Crippen MR) is 90.5 cm³/mol. The maximum Gasteiger partial charge on any atom is 0.362 e. The van der Waals surface area contributed by atoms with E-state index in [1.54, 1.807) is 17.6 Å². The number of aromatic nitrogens is 1. The highest BCUT2D eigenvalue weighted by atomic mass is 32.1. The molecule has 1 aromatic carbocycles. The number of thiazole rings is 1. The molecule has 9 heteroatoms. The number of fused-ring (bicyclic) bond motifs is 3. The van der Waals surface area contributed by atoms with E-state index in [4.69, 9.17) is 14.5 Å². The lowest BCUT2D eigenvalue weighted by Crippen LogP contribution is -2.30. The van der Waals surface area contributed by atoms with Gasteiger partial charge in [-0.1, -0.05) is 0 Å². The molecule has 0 aliphatic heterocycles. The number of rotatable bonds is 5. The molecule has 7 nitrogen and oxygen atoms in total. The first-order valence-corrected chi connectivity index (χ1v) is 10.0. The number of carbonyl (C=O) groups excluding carboxylic acids is 1. The third kappa shape index (κ3) is 3.37. The number of nitrogens with one attached hydrogen (secondary N) is 1. The van der Waals surface area contributed by atoms with Crippen LogP contribution in [0, 0.1) is 0 Å². The summed E-state index contributed by atoms with van der Waals surface area (Å²) >= 11 is 1.48. The van der Waals surface area contributed by atoms with E-state index < -0.39 is 13.9 Å². The normalized spacial score (nSPS) is 12.9. The van der Waals surface area contributed by atoms with E-state index in [2.05, 4.69) is 10.3 Å². The van der Waals surface area contributed by atoms with Crippen molar-refractivity contribution >= 4 is 24.8 Å². The maximum absolute atomic E-state index is 12.4. The molecule has 0 unspecified atom stereocenters. The van der Waals surface area contributed by atoms with Gasteiger partial charge < -0.3 is 19.8 Å². The second-order valence-electron chi connectivity index (χ2n) is 5.83. The average molecular weight is 368 g/mol. The molecule has 1 aliphatic rings. The third-order valence-electron chi connectivity index (χ3n) is 3.54. The van der Waals surface area contributed by atoms with Crippen molar-refractivity contribution < 1.29 is 23.9 Å². The van der Waals surface area contributed by atoms with Crippen molar-refractivity contribution in [1.82, 2.24) is 10.3 Å². The van der Waals surface area contributed by atoms with Gasteiger partial charge in [-0.05, 0) is 31.5 Å². The fraction of sp³-hybridized carbons (Fsp3) is 0.333. The molecule has 0 spiro atoms. The van der Waals surface area contributed by atoms with Crippen molar-refractivity contribution in [1.29, 1.82) is 0 Å². The van der Waals surface area contributed by atoms with Gasteiger partial charge in [-0.15, -0.1) is 11.3 Å². The van der Waals surface area contributed by atoms with Gasteiger partial charge in [-0.25, -0.2) is 4.98 Å². The Morgan fingerprint density at radius 3 is 2.88 bits per heavy atom. The van der Waals surface area contributed by atoms with Gasteiger partial charge in [0.1, 0.15) is 5.75 Å². The second kappa shape index (κ2) is 6.29. The lowest BCUT2D eigenvalue weighted by molar-refractivity contribution is 0.0942. The van der Waals surface area contributed by atoms with Crippen molar-refractivity contribution in [3.63, 3.8) is 0 Å². The maximum atomic E-state index is 12.4. The summed E-state index contributed by atoms with van der Waals surface area (Å²) in [6.07, 6.45) is -0.153. The third-order valence-corrected chi connectivity index (χ3v) is 4.84. The first-order chi connectivity index (χ1) is 11.3.